The summed E-state index contributed by atoms with van der Waals surface area (Å²) in [6, 6.07) is 9.46. The molecule has 170 valence electrons. The van der Waals surface area contributed by atoms with Gasteiger partial charge in [0.25, 0.3) is 0 Å². The van der Waals surface area contributed by atoms with E-state index in [1.165, 1.54) is 109 Å². The monoisotopic (exact) mass is 472 g/mol. The molecule has 0 atom stereocenters. The molecule has 3 rings (SSSR count). The summed E-state index contributed by atoms with van der Waals surface area (Å²) in [5.41, 5.74) is 3.12. The molecule has 0 amide bonds. The van der Waals surface area contributed by atoms with Crippen LogP contribution in [0.15, 0.2) is 35.0 Å². The van der Waals surface area contributed by atoms with Gasteiger partial charge in [0, 0.05) is 19.5 Å². The molecule has 3 aromatic rings. The van der Waals surface area contributed by atoms with Gasteiger partial charge < -0.3 is 0 Å². The van der Waals surface area contributed by atoms with Crippen LogP contribution >= 0.6 is 34.0 Å². The SMILES string of the molecule is CCCCCCCCc1ccsc1-c1ccc(-c2sccc2CCCCCCCC)s1. The third-order valence-corrected chi connectivity index (χ3v) is 9.51. The van der Waals surface area contributed by atoms with Crippen LogP contribution in [0.1, 0.15) is 102 Å². The van der Waals surface area contributed by atoms with Gasteiger partial charge in [-0.3, -0.25) is 0 Å². The number of thiophene rings is 3. The van der Waals surface area contributed by atoms with Crippen molar-refractivity contribution in [2.24, 2.45) is 0 Å². The molecule has 0 nitrogen and oxygen atoms in total. The Morgan fingerprint density at radius 3 is 1.39 bits per heavy atom. The van der Waals surface area contributed by atoms with Crippen molar-refractivity contribution in [3.8, 4) is 19.5 Å². The number of hydrogen-bond donors (Lipinski definition) is 0. The summed E-state index contributed by atoms with van der Waals surface area (Å²) < 4.78 is 0. The zero-order chi connectivity index (χ0) is 21.7. The average molecular weight is 473 g/mol. The molecule has 0 radical (unpaired) electrons. The highest BCUT2D eigenvalue weighted by atomic mass is 32.1. The zero-order valence-electron chi connectivity index (χ0n) is 19.6. The van der Waals surface area contributed by atoms with Gasteiger partial charge in [0.2, 0.25) is 0 Å². The second-order valence-electron chi connectivity index (χ2n) is 8.75. The molecule has 0 unspecified atom stereocenters. The summed E-state index contributed by atoms with van der Waals surface area (Å²) in [4.78, 5) is 5.95. The molecule has 31 heavy (non-hydrogen) atoms. The third kappa shape index (κ3) is 7.87. The highest BCUT2D eigenvalue weighted by molar-refractivity contribution is 7.25. The van der Waals surface area contributed by atoms with Crippen LogP contribution in [0, 0.1) is 0 Å². The van der Waals surface area contributed by atoms with Crippen molar-refractivity contribution in [1.29, 1.82) is 0 Å². The van der Waals surface area contributed by atoms with Gasteiger partial charge in [-0.15, -0.1) is 34.0 Å². The van der Waals surface area contributed by atoms with Crippen LogP contribution in [-0.2, 0) is 12.8 Å². The maximum absolute atomic E-state index is 2.37. The van der Waals surface area contributed by atoms with Crippen molar-refractivity contribution in [3.63, 3.8) is 0 Å². The van der Waals surface area contributed by atoms with Crippen LogP contribution < -0.4 is 0 Å². The quantitative estimate of drug-likeness (QED) is 0.182. The van der Waals surface area contributed by atoms with Crippen LogP contribution in [0.25, 0.3) is 19.5 Å². The lowest BCUT2D eigenvalue weighted by atomic mass is 10.0. The van der Waals surface area contributed by atoms with E-state index in [0.717, 1.165) is 0 Å². The summed E-state index contributed by atoms with van der Waals surface area (Å²) in [6.07, 6.45) is 19.0. The number of aryl methyl sites for hydroxylation is 2. The van der Waals surface area contributed by atoms with Crippen LogP contribution in [0.3, 0.4) is 0 Å². The van der Waals surface area contributed by atoms with Gasteiger partial charge in [-0.1, -0.05) is 78.1 Å². The Morgan fingerprint density at radius 2 is 0.935 bits per heavy atom. The first-order valence-corrected chi connectivity index (χ1v) is 15.1. The van der Waals surface area contributed by atoms with Gasteiger partial charge in [0.15, 0.2) is 0 Å². The van der Waals surface area contributed by atoms with E-state index in [2.05, 4.69) is 48.9 Å². The molecule has 0 fully saturated rings. The summed E-state index contributed by atoms with van der Waals surface area (Å²) in [7, 11) is 0. The summed E-state index contributed by atoms with van der Waals surface area (Å²) in [5.74, 6) is 0. The molecular formula is C28H40S3. The summed E-state index contributed by atoms with van der Waals surface area (Å²) in [5, 5.41) is 4.58. The highest BCUT2D eigenvalue weighted by Gasteiger charge is 2.13. The standard InChI is InChI=1S/C28H40S3/c1-3-5-7-9-11-13-15-23-19-21-29-27(23)25-17-18-26(31-25)28-24(20-22-30-28)16-14-12-10-8-6-4-2/h17-22H,3-16H2,1-2H3. The molecule has 3 heterocycles. The van der Waals surface area contributed by atoms with Crippen LogP contribution in [0.5, 0.6) is 0 Å². The largest absolute Gasteiger partial charge is 0.143 e. The summed E-state index contributed by atoms with van der Waals surface area (Å²) in [6.45, 7) is 4.58. The fourth-order valence-corrected chi connectivity index (χ4v) is 7.51. The molecular weight excluding hydrogens is 433 g/mol. The average Bonchev–Trinajstić information content (AvgIpc) is 3.53. The van der Waals surface area contributed by atoms with E-state index in [1.807, 2.05) is 34.0 Å². The number of unbranched alkanes of at least 4 members (excludes halogenated alkanes) is 10. The van der Waals surface area contributed by atoms with Gasteiger partial charge in [-0.25, -0.2) is 0 Å². The lowest BCUT2D eigenvalue weighted by molar-refractivity contribution is 0.608. The predicted octanol–water partition coefficient (Wildman–Crippen LogP) is 11.0. The fraction of sp³-hybridized carbons (Fsp3) is 0.571. The van der Waals surface area contributed by atoms with Gasteiger partial charge in [0.05, 0.1) is 0 Å². The molecule has 0 spiro atoms. The first-order chi connectivity index (χ1) is 15.3. The Hall–Kier alpha value is -0.900. The van der Waals surface area contributed by atoms with Crippen molar-refractivity contribution >= 4 is 34.0 Å². The normalized spacial score (nSPS) is 11.4. The van der Waals surface area contributed by atoms with E-state index in [1.54, 1.807) is 11.1 Å². The Kier molecular flexibility index (Phi) is 11.4. The second kappa shape index (κ2) is 14.3. The molecule has 3 aromatic heterocycles. The van der Waals surface area contributed by atoms with Crippen LogP contribution in [0.2, 0.25) is 0 Å². The number of hydrogen-bond acceptors (Lipinski definition) is 3. The van der Waals surface area contributed by atoms with Crippen molar-refractivity contribution in [1.82, 2.24) is 0 Å². The van der Waals surface area contributed by atoms with E-state index >= 15 is 0 Å². The lowest BCUT2D eigenvalue weighted by Gasteiger charge is -2.04. The zero-order valence-corrected chi connectivity index (χ0v) is 22.0. The van der Waals surface area contributed by atoms with Crippen molar-refractivity contribution in [3.05, 3.63) is 46.2 Å². The van der Waals surface area contributed by atoms with Gasteiger partial charge in [-0.2, -0.15) is 0 Å². The van der Waals surface area contributed by atoms with Gasteiger partial charge in [-0.05, 0) is 71.8 Å². The molecule has 0 aromatic carbocycles. The minimum absolute atomic E-state index is 1.24. The van der Waals surface area contributed by atoms with Gasteiger partial charge in [0.1, 0.15) is 0 Å². The first kappa shape index (κ1) is 24.7. The van der Waals surface area contributed by atoms with E-state index in [4.69, 9.17) is 0 Å². The molecule has 0 saturated heterocycles. The first-order valence-electron chi connectivity index (χ1n) is 12.6. The van der Waals surface area contributed by atoms with E-state index in [-0.39, 0.29) is 0 Å². The maximum Gasteiger partial charge on any atom is 0.0474 e. The van der Waals surface area contributed by atoms with Crippen molar-refractivity contribution in [2.45, 2.75) is 104 Å². The highest BCUT2D eigenvalue weighted by Crippen LogP contribution is 2.42. The van der Waals surface area contributed by atoms with E-state index in [9.17, 15) is 0 Å². The van der Waals surface area contributed by atoms with Gasteiger partial charge >= 0.3 is 0 Å². The van der Waals surface area contributed by atoms with Crippen molar-refractivity contribution in [2.75, 3.05) is 0 Å². The number of rotatable bonds is 16. The third-order valence-electron chi connectivity index (χ3n) is 6.15. The Morgan fingerprint density at radius 1 is 0.516 bits per heavy atom. The Balaban J connectivity index is 1.54. The molecule has 3 heteroatoms. The van der Waals surface area contributed by atoms with Crippen LogP contribution in [0.4, 0.5) is 0 Å². The Labute approximate surface area is 202 Å². The smallest absolute Gasteiger partial charge is 0.0474 e. The minimum Gasteiger partial charge on any atom is -0.143 e. The molecule has 0 aliphatic heterocycles. The Bertz CT molecular complexity index is 782. The lowest BCUT2D eigenvalue weighted by Crippen LogP contribution is -1.86. The topological polar surface area (TPSA) is 0 Å². The summed E-state index contributed by atoms with van der Waals surface area (Å²) >= 11 is 5.85. The second-order valence-corrected chi connectivity index (χ2v) is 11.7. The molecule has 0 N–H and O–H groups in total. The minimum atomic E-state index is 1.24. The van der Waals surface area contributed by atoms with Crippen LogP contribution in [-0.4, -0.2) is 0 Å². The maximum atomic E-state index is 2.37. The predicted molar refractivity (Wildman–Crippen MR) is 145 cm³/mol. The molecule has 0 aliphatic rings. The fourth-order valence-electron chi connectivity index (χ4n) is 4.27. The molecule has 0 aliphatic carbocycles. The van der Waals surface area contributed by atoms with Crippen molar-refractivity contribution < 1.29 is 0 Å². The van der Waals surface area contributed by atoms with E-state index in [0.29, 0.717) is 0 Å². The van der Waals surface area contributed by atoms with E-state index < -0.39 is 0 Å². The molecule has 0 bridgehead atoms. The molecule has 0 saturated carbocycles.